The smallest absolute Gasteiger partial charge is 0.337 e. The first-order valence-electron chi connectivity index (χ1n) is 4.71. The molecule has 1 aromatic carbocycles. The van der Waals surface area contributed by atoms with Gasteiger partial charge in [-0.05, 0) is 36.3 Å². The molecular formula is C12H13NO3. The topological polar surface area (TPSA) is 69.4 Å². The quantitative estimate of drug-likeness (QED) is 0.615. The Balaban J connectivity index is 3.08. The largest absolute Gasteiger partial charge is 0.465 e. The van der Waals surface area contributed by atoms with E-state index in [0.717, 1.165) is 11.1 Å². The van der Waals surface area contributed by atoms with Gasteiger partial charge in [-0.2, -0.15) is 0 Å². The lowest BCUT2D eigenvalue weighted by Crippen LogP contribution is -2.05. The summed E-state index contributed by atoms with van der Waals surface area (Å²) >= 11 is 0. The molecule has 0 aromatic heterocycles. The van der Waals surface area contributed by atoms with Gasteiger partial charge < -0.3 is 10.5 Å². The maximum atomic E-state index is 11.3. The molecule has 0 aliphatic heterocycles. The van der Waals surface area contributed by atoms with Crippen LogP contribution in [0.5, 0.6) is 0 Å². The highest BCUT2D eigenvalue weighted by atomic mass is 16.5. The van der Waals surface area contributed by atoms with E-state index in [0.29, 0.717) is 5.56 Å². The second-order valence-corrected chi connectivity index (χ2v) is 3.30. The lowest BCUT2D eigenvalue weighted by molar-refractivity contribution is -0.113. The number of benzene rings is 1. The molecule has 1 rings (SSSR count). The van der Waals surface area contributed by atoms with Crippen molar-refractivity contribution in [1.82, 2.24) is 0 Å². The molecule has 1 aromatic rings. The molecule has 0 fully saturated rings. The van der Waals surface area contributed by atoms with E-state index >= 15 is 0 Å². The molecule has 0 aliphatic rings. The summed E-state index contributed by atoms with van der Waals surface area (Å²) in [5, 5.41) is 0. The number of primary amides is 1. The van der Waals surface area contributed by atoms with Crippen LogP contribution in [-0.4, -0.2) is 19.0 Å². The van der Waals surface area contributed by atoms with Gasteiger partial charge in [0.2, 0.25) is 5.91 Å². The number of methoxy groups -OCH3 is 1. The highest BCUT2D eigenvalue weighted by Gasteiger charge is 2.06. The van der Waals surface area contributed by atoms with Crippen LogP contribution in [0.2, 0.25) is 0 Å². The lowest BCUT2D eigenvalue weighted by Gasteiger charge is -2.03. The van der Waals surface area contributed by atoms with Crippen LogP contribution in [0.1, 0.15) is 21.5 Å². The van der Waals surface area contributed by atoms with Gasteiger partial charge in [0, 0.05) is 6.08 Å². The van der Waals surface area contributed by atoms with Gasteiger partial charge in [0.1, 0.15) is 0 Å². The van der Waals surface area contributed by atoms with Crippen molar-refractivity contribution >= 4 is 18.0 Å². The van der Waals surface area contributed by atoms with Crippen LogP contribution >= 0.6 is 0 Å². The number of nitrogens with two attached hydrogens (primary N) is 1. The van der Waals surface area contributed by atoms with Gasteiger partial charge in [-0.25, -0.2) is 4.79 Å². The zero-order valence-electron chi connectivity index (χ0n) is 9.19. The molecule has 0 aliphatic carbocycles. The van der Waals surface area contributed by atoms with Gasteiger partial charge >= 0.3 is 5.97 Å². The summed E-state index contributed by atoms with van der Waals surface area (Å²) < 4.78 is 4.60. The number of hydrogen-bond donors (Lipinski definition) is 1. The standard InChI is InChI=1S/C12H13NO3/c1-8-3-4-10(12(15)16-2)7-9(8)5-6-11(13)14/h3-7H,1-2H3,(H2,13,14). The summed E-state index contributed by atoms with van der Waals surface area (Å²) in [6.07, 6.45) is 2.83. The van der Waals surface area contributed by atoms with E-state index in [1.165, 1.54) is 13.2 Å². The molecule has 0 unspecified atom stereocenters. The molecule has 0 bridgehead atoms. The van der Waals surface area contributed by atoms with E-state index in [1.54, 1.807) is 24.3 Å². The van der Waals surface area contributed by atoms with Gasteiger partial charge in [0.15, 0.2) is 0 Å². The number of amides is 1. The molecule has 2 N–H and O–H groups in total. The first-order valence-corrected chi connectivity index (χ1v) is 4.71. The van der Waals surface area contributed by atoms with Crippen molar-refractivity contribution in [2.45, 2.75) is 6.92 Å². The molecule has 0 saturated heterocycles. The first kappa shape index (κ1) is 12.0. The third kappa shape index (κ3) is 2.95. The van der Waals surface area contributed by atoms with E-state index in [9.17, 15) is 9.59 Å². The summed E-state index contributed by atoms with van der Waals surface area (Å²) in [5.41, 5.74) is 7.15. The molecule has 4 heteroatoms. The number of rotatable bonds is 3. The molecule has 0 saturated carbocycles. The summed E-state index contributed by atoms with van der Waals surface area (Å²) in [6, 6.07) is 5.11. The lowest BCUT2D eigenvalue weighted by atomic mass is 10.0. The van der Waals surface area contributed by atoms with Crippen molar-refractivity contribution in [2.75, 3.05) is 7.11 Å². The summed E-state index contributed by atoms with van der Waals surface area (Å²) in [7, 11) is 1.32. The fourth-order valence-electron chi connectivity index (χ4n) is 1.24. The highest BCUT2D eigenvalue weighted by molar-refractivity contribution is 5.92. The van der Waals surface area contributed by atoms with Gasteiger partial charge in [0.05, 0.1) is 12.7 Å². The number of carbonyl (C=O) groups excluding carboxylic acids is 2. The molecule has 0 spiro atoms. The van der Waals surface area contributed by atoms with Crippen molar-refractivity contribution in [3.8, 4) is 0 Å². The van der Waals surface area contributed by atoms with Crippen LogP contribution in [0.3, 0.4) is 0 Å². The third-order valence-electron chi connectivity index (χ3n) is 2.13. The minimum Gasteiger partial charge on any atom is -0.465 e. The Hall–Kier alpha value is -2.10. The number of esters is 1. The molecule has 0 atom stereocenters. The van der Waals surface area contributed by atoms with Crippen molar-refractivity contribution in [2.24, 2.45) is 5.73 Å². The molecule has 0 heterocycles. The maximum absolute atomic E-state index is 11.3. The van der Waals surface area contributed by atoms with Crippen LogP contribution < -0.4 is 5.73 Å². The van der Waals surface area contributed by atoms with E-state index in [-0.39, 0.29) is 0 Å². The number of aryl methyl sites for hydroxylation is 1. The van der Waals surface area contributed by atoms with Gasteiger partial charge in [-0.1, -0.05) is 6.07 Å². The van der Waals surface area contributed by atoms with E-state index < -0.39 is 11.9 Å². The Morgan fingerprint density at radius 1 is 1.38 bits per heavy atom. The molecule has 84 valence electrons. The van der Waals surface area contributed by atoms with E-state index in [4.69, 9.17) is 5.73 Å². The zero-order valence-corrected chi connectivity index (χ0v) is 9.19. The van der Waals surface area contributed by atoms with Gasteiger partial charge in [-0.15, -0.1) is 0 Å². The summed E-state index contributed by atoms with van der Waals surface area (Å²) in [5.74, 6) is -0.934. The summed E-state index contributed by atoms with van der Waals surface area (Å²) in [4.78, 5) is 21.9. The second kappa shape index (κ2) is 5.11. The fourth-order valence-corrected chi connectivity index (χ4v) is 1.24. The van der Waals surface area contributed by atoms with E-state index in [1.807, 2.05) is 6.92 Å². The van der Waals surface area contributed by atoms with Crippen LogP contribution in [0.25, 0.3) is 6.08 Å². The third-order valence-corrected chi connectivity index (χ3v) is 2.13. The molecule has 1 amide bonds. The Kier molecular flexibility index (Phi) is 3.83. The molecule has 0 radical (unpaired) electrons. The van der Waals surface area contributed by atoms with Crippen molar-refractivity contribution in [3.05, 3.63) is 41.0 Å². The predicted molar refractivity (Wildman–Crippen MR) is 60.7 cm³/mol. The SMILES string of the molecule is COC(=O)c1ccc(C)c(C=CC(N)=O)c1. The first-order chi connectivity index (χ1) is 7.54. The Morgan fingerprint density at radius 3 is 2.62 bits per heavy atom. The average Bonchev–Trinajstić information content (AvgIpc) is 2.26. The normalized spacial score (nSPS) is 10.4. The predicted octanol–water partition coefficient (Wildman–Crippen LogP) is 1.28. The minimum atomic E-state index is -0.525. The number of hydrogen-bond acceptors (Lipinski definition) is 3. The molecule has 16 heavy (non-hydrogen) atoms. The van der Waals surface area contributed by atoms with Crippen LogP contribution in [0.4, 0.5) is 0 Å². The van der Waals surface area contributed by atoms with Crippen molar-refractivity contribution in [3.63, 3.8) is 0 Å². The van der Waals surface area contributed by atoms with Crippen LogP contribution in [0.15, 0.2) is 24.3 Å². The van der Waals surface area contributed by atoms with Crippen LogP contribution in [-0.2, 0) is 9.53 Å². The van der Waals surface area contributed by atoms with Gasteiger partial charge in [0.25, 0.3) is 0 Å². The second-order valence-electron chi connectivity index (χ2n) is 3.30. The van der Waals surface area contributed by atoms with Crippen molar-refractivity contribution < 1.29 is 14.3 Å². The summed E-state index contributed by atoms with van der Waals surface area (Å²) in [6.45, 7) is 1.88. The molecular weight excluding hydrogens is 206 g/mol. The Morgan fingerprint density at radius 2 is 2.06 bits per heavy atom. The minimum absolute atomic E-state index is 0.409. The fraction of sp³-hybridized carbons (Fsp3) is 0.167. The number of ether oxygens (including phenoxy) is 1. The molecule has 4 nitrogen and oxygen atoms in total. The number of carbonyl (C=O) groups is 2. The maximum Gasteiger partial charge on any atom is 0.337 e. The van der Waals surface area contributed by atoms with Crippen LogP contribution in [0, 0.1) is 6.92 Å². The Labute approximate surface area is 93.7 Å². The monoisotopic (exact) mass is 219 g/mol. The Bertz CT molecular complexity index is 450. The highest BCUT2D eigenvalue weighted by Crippen LogP contribution is 2.13. The average molecular weight is 219 g/mol. The zero-order chi connectivity index (χ0) is 12.1. The van der Waals surface area contributed by atoms with Gasteiger partial charge in [-0.3, -0.25) is 4.79 Å². The van der Waals surface area contributed by atoms with Crippen molar-refractivity contribution in [1.29, 1.82) is 0 Å². The van der Waals surface area contributed by atoms with E-state index in [2.05, 4.69) is 4.74 Å².